The van der Waals surface area contributed by atoms with Crippen molar-refractivity contribution in [2.45, 2.75) is 27.3 Å². The van der Waals surface area contributed by atoms with Crippen LogP contribution in [0.15, 0.2) is 24.3 Å². The Bertz CT molecular complexity index is 934. The van der Waals surface area contributed by atoms with Gasteiger partial charge in [-0.05, 0) is 39.0 Å². The van der Waals surface area contributed by atoms with Crippen LogP contribution in [-0.2, 0) is 25.6 Å². The summed E-state index contributed by atoms with van der Waals surface area (Å²) < 4.78 is 22.0. The van der Waals surface area contributed by atoms with Gasteiger partial charge < -0.3 is 28.8 Å². The summed E-state index contributed by atoms with van der Waals surface area (Å²) in [4.78, 5) is 36.3. The first-order chi connectivity index (χ1) is 14.3. The van der Waals surface area contributed by atoms with Crippen LogP contribution in [0.3, 0.4) is 0 Å². The number of benzene rings is 1. The lowest BCUT2D eigenvalue weighted by Gasteiger charge is -2.12. The standard InChI is InChI=1S/C21H26N2O7/c1-6-29-21(26)16-9-13(2)23(14(16)3)11-20(25)30-12-19(24)22-15-7-8-17(27-4)18(10-15)28-5/h7-10H,6,11-12H2,1-5H3,(H,22,24). The number of hydrogen-bond acceptors (Lipinski definition) is 7. The van der Waals surface area contributed by atoms with Crippen molar-refractivity contribution in [2.24, 2.45) is 0 Å². The molecule has 0 bridgehead atoms. The zero-order valence-electron chi connectivity index (χ0n) is 17.7. The Labute approximate surface area is 174 Å². The van der Waals surface area contributed by atoms with Crippen LogP contribution >= 0.6 is 0 Å². The van der Waals surface area contributed by atoms with Crippen LogP contribution in [0.5, 0.6) is 11.5 Å². The number of amides is 1. The van der Waals surface area contributed by atoms with Crippen molar-refractivity contribution >= 4 is 23.5 Å². The fourth-order valence-corrected chi connectivity index (χ4v) is 2.89. The summed E-state index contributed by atoms with van der Waals surface area (Å²) in [6, 6.07) is 6.55. The molecule has 9 nitrogen and oxygen atoms in total. The highest BCUT2D eigenvalue weighted by atomic mass is 16.5. The number of nitrogens with one attached hydrogen (secondary N) is 1. The van der Waals surface area contributed by atoms with Gasteiger partial charge in [0.1, 0.15) is 6.54 Å². The number of aromatic nitrogens is 1. The van der Waals surface area contributed by atoms with Crippen molar-refractivity contribution in [1.29, 1.82) is 0 Å². The molecule has 1 aromatic heterocycles. The molecule has 1 aromatic carbocycles. The number of methoxy groups -OCH3 is 2. The highest BCUT2D eigenvalue weighted by molar-refractivity contribution is 5.93. The van der Waals surface area contributed by atoms with E-state index in [-0.39, 0.29) is 13.2 Å². The van der Waals surface area contributed by atoms with Gasteiger partial charge in [-0.25, -0.2) is 4.79 Å². The van der Waals surface area contributed by atoms with E-state index in [1.54, 1.807) is 49.6 Å². The molecular weight excluding hydrogens is 392 g/mol. The van der Waals surface area contributed by atoms with Gasteiger partial charge in [0.25, 0.3) is 5.91 Å². The first-order valence-electron chi connectivity index (χ1n) is 9.32. The summed E-state index contributed by atoms with van der Waals surface area (Å²) in [5.74, 6) is -0.553. The quantitative estimate of drug-likeness (QED) is 0.624. The van der Waals surface area contributed by atoms with Crippen LogP contribution < -0.4 is 14.8 Å². The molecule has 0 aliphatic carbocycles. The molecule has 2 rings (SSSR count). The van der Waals surface area contributed by atoms with Crippen LogP contribution in [-0.4, -0.2) is 49.8 Å². The predicted molar refractivity (Wildman–Crippen MR) is 109 cm³/mol. The number of esters is 2. The van der Waals surface area contributed by atoms with Gasteiger partial charge in [-0.2, -0.15) is 0 Å². The Kier molecular flexibility index (Phi) is 7.85. The molecule has 0 aliphatic rings. The van der Waals surface area contributed by atoms with Crippen molar-refractivity contribution in [3.63, 3.8) is 0 Å². The second-order valence-corrected chi connectivity index (χ2v) is 6.37. The van der Waals surface area contributed by atoms with Gasteiger partial charge in [0.2, 0.25) is 0 Å². The lowest BCUT2D eigenvalue weighted by atomic mass is 10.2. The van der Waals surface area contributed by atoms with Crippen LogP contribution in [0, 0.1) is 13.8 Å². The maximum absolute atomic E-state index is 12.2. The van der Waals surface area contributed by atoms with Crippen molar-refractivity contribution < 1.29 is 33.3 Å². The van der Waals surface area contributed by atoms with E-state index in [0.717, 1.165) is 0 Å². The van der Waals surface area contributed by atoms with Gasteiger partial charge in [0, 0.05) is 23.1 Å². The monoisotopic (exact) mass is 418 g/mol. The number of carbonyl (C=O) groups excluding carboxylic acids is 3. The molecule has 1 N–H and O–H groups in total. The number of rotatable bonds is 9. The van der Waals surface area contributed by atoms with E-state index in [9.17, 15) is 14.4 Å². The maximum Gasteiger partial charge on any atom is 0.339 e. The second kappa shape index (κ2) is 10.3. The minimum absolute atomic E-state index is 0.124. The van der Waals surface area contributed by atoms with E-state index in [1.165, 1.54) is 14.2 Å². The van der Waals surface area contributed by atoms with E-state index in [0.29, 0.717) is 34.1 Å². The zero-order valence-corrected chi connectivity index (χ0v) is 17.7. The Morgan fingerprint density at radius 2 is 1.70 bits per heavy atom. The molecule has 2 aromatic rings. The van der Waals surface area contributed by atoms with Gasteiger partial charge in [-0.3, -0.25) is 9.59 Å². The molecule has 0 aliphatic heterocycles. The highest BCUT2D eigenvalue weighted by Crippen LogP contribution is 2.29. The average Bonchev–Trinajstić information content (AvgIpc) is 3.00. The fourth-order valence-electron chi connectivity index (χ4n) is 2.89. The predicted octanol–water partition coefficient (Wildman–Crippen LogP) is 2.48. The number of nitrogens with zero attached hydrogens (tertiary/aromatic N) is 1. The average molecular weight is 418 g/mol. The largest absolute Gasteiger partial charge is 0.493 e. The molecule has 0 atom stereocenters. The summed E-state index contributed by atoms with van der Waals surface area (Å²) in [7, 11) is 3.00. The van der Waals surface area contributed by atoms with Crippen molar-refractivity contribution in [3.05, 3.63) is 41.2 Å². The number of carbonyl (C=O) groups is 3. The van der Waals surface area contributed by atoms with E-state index in [4.69, 9.17) is 18.9 Å². The summed E-state index contributed by atoms with van der Waals surface area (Å²) in [5.41, 5.74) is 2.18. The molecule has 162 valence electrons. The molecule has 0 saturated carbocycles. The molecule has 9 heteroatoms. The number of ether oxygens (including phenoxy) is 4. The van der Waals surface area contributed by atoms with E-state index < -0.39 is 24.5 Å². The van der Waals surface area contributed by atoms with Crippen LogP contribution in [0.1, 0.15) is 28.7 Å². The van der Waals surface area contributed by atoms with Gasteiger partial charge in [0.05, 0.1) is 26.4 Å². The highest BCUT2D eigenvalue weighted by Gasteiger charge is 2.19. The van der Waals surface area contributed by atoms with Gasteiger partial charge in [0.15, 0.2) is 18.1 Å². The normalized spacial score (nSPS) is 10.3. The van der Waals surface area contributed by atoms with Gasteiger partial charge in [-0.1, -0.05) is 0 Å². The van der Waals surface area contributed by atoms with Crippen molar-refractivity contribution in [2.75, 3.05) is 32.8 Å². The summed E-state index contributed by atoms with van der Waals surface area (Å²) in [6.45, 7) is 4.91. The third-order valence-electron chi connectivity index (χ3n) is 4.39. The van der Waals surface area contributed by atoms with E-state index in [2.05, 4.69) is 5.32 Å². The van der Waals surface area contributed by atoms with Crippen LogP contribution in [0.2, 0.25) is 0 Å². The summed E-state index contributed by atoms with van der Waals surface area (Å²) in [6.07, 6.45) is 0. The second-order valence-electron chi connectivity index (χ2n) is 6.37. The molecule has 0 radical (unpaired) electrons. The lowest BCUT2D eigenvalue weighted by molar-refractivity contribution is -0.147. The molecular formula is C21H26N2O7. The van der Waals surface area contributed by atoms with Gasteiger partial charge >= 0.3 is 11.9 Å². The number of anilines is 1. The lowest BCUT2D eigenvalue weighted by Crippen LogP contribution is -2.23. The minimum Gasteiger partial charge on any atom is -0.493 e. The van der Waals surface area contributed by atoms with Gasteiger partial charge in [-0.15, -0.1) is 0 Å². The molecule has 0 saturated heterocycles. The Balaban J connectivity index is 1.93. The Morgan fingerprint density at radius 1 is 1.00 bits per heavy atom. The van der Waals surface area contributed by atoms with E-state index >= 15 is 0 Å². The summed E-state index contributed by atoms with van der Waals surface area (Å²) >= 11 is 0. The third-order valence-corrected chi connectivity index (χ3v) is 4.39. The Morgan fingerprint density at radius 3 is 2.33 bits per heavy atom. The first-order valence-corrected chi connectivity index (χ1v) is 9.32. The first kappa shape index (κ1) is 22.8. The third kappa shape index (κ3) is 5.53. The SMILES string of the molecule is CCOC(=O)c1cc(C)n(CC(=O)OCC(=O)Nc2ccc(OC)c(OC)c2)c1C. The topological polar surface area (TPSA) is 105 Å². The molecule has 0 spiro atoms. The van der Waals surface area contributed by atoms with Crippen LogP contribution in [0.25, 0.3) is 0 Å². The molecule has 30 heavy (non-hydrogen) atoms. The molecule has 1 amide bonds. The van der Waals surface area contributed by atoms with Crippen LogP contribution in [0.4, 0.5) is 5.69 Å². The smallest absolute Gasteiger partial charge is 0.339 e. The minimum atomic E-state index is -0.602. The van der Waals surface area contributed by atoms with E-state index in [1.807, 2.05) is 0 Å². The fraction of sp³-hybridized carbons (Fsp3) is 0.381. The summed E-state index contributed by atoms with van der Waals surface area (Å²) in [5, 5.41) is 2.62. The number of aryl methyl sites for hydroxylation is 1. The number of hydrogen-bond donors (Lipinski definition) is 1. The zero-order chi connectivity index (χ0) is 22.3. The Hall–Kier alpha value is -3.49. The molecule has 1 heterocycles. The maximum atomic E-state index is 12.2. The molecule has 0 unspecified atom stereocenters. The molecule has 0 fully saturated rings. The van der Waals surface area contributed by atoms with Crippen molar-refractivity contribution in [1.82, 2.24) is 4.57 Å². The van der Waals surface area contributed by atoms with Crippen molar-refractivity contribution in [3.8, 4) is 11.5 Å².